The molecule has 11 heteroatoms. The molecule has 2 aliphatic rings. The van der Waals surface area contributed by atoms with Crippen LogP contribution in [0, 0.1) is 5.82 Å². The van der Waals surface area contributed by atoms with Crippen LogP contribution in [-0.2, 0) is 19.1 Å². The first-order valence-corrected chi connectivity index (χ1v) is 11.7. The SMILES string of the molecule is CC(=O)NCC1CN(c2ccc(-c3ccc(N4CCC(O)(COC(C)=O)CC4)nc3)c(F)c2)C(=O)O1. The van der Waals surface area contributed by atoms with Crippen molar-refractivity contribution >= 4 is 29.5 Å². The molecule has 0 bridgehead atoms. The Kier molecular flexibility index (Phi) is 7.39. The molecule has 4 rings (SSSR count). The third kappa shape index (κ3) is 5.91. The molecular formula is C25H29FN4O6. The number of nitrogens with one attached hydrogen (secondary N) is 1. The summed E-state index contributed by atoms with van der Waals surface area (Å²) in [6, 6.07) is 8.08. The Bertz CT molecular complexity index is 1130. The van der Waals surface area contributed by atoms with E-state index in [1.165, 1.54) is 24.8 Å². The average molecular weight is 501 g/mol. The van der Waals surface area contributed by atoms with E-state index in [0.717, 1.165) is 0 Å². The van der Waals surface area contributed by atoms with Crippen molar-refractivity contribution in [3.63, 3.8) is 0 Å². The molecule has 0 saturated carbocycles. The number of carbonyl (C=O) groups excluding carboxylic acids is 3. The summed E-state index contributed by atoms with van der Waals surface area (Å²) < 4.78 is 25.2. The van der Waals surface area contributed by atoms with Crippen molar-refractivity contribution in [3.8, 4) is 11.1 Å². The average Bonchev–Trinajstić information content (AvgIpc) is 3.23. The van der Waals surface area contributed by atoms with Crippen LogP contribution in [0.25, 0.3) is 11.1 Å². The fourth-order valence-corrected chi connectivity index (χ4v) is 4.27. The van der Waals surface area contributed by atoms with Crippen LogP contribution in [0.15, 0.2) is 36.5 Å². The van der Waals surface area contributed by atoms with E-state index in [1.54, 1.807) is 30.5 Å². The van der Waals surface area contributed by atoms with Gasteiger partial charge in [-0.15, -0.1) is 0 Å². The summed E-state index contributed by atoms with van der Waals surface area (Å²) in [4.78, 5) is 42.1. The Morgan fingerprint density at radius 2 is 2.00 bits per heavy atom. The Hall–Kier alpha value is -3.73. The minimum Gasteiger partial charge on any atom is -0.463 e. The largest absolute Gasteiger partial charge is 0.463 e. The third-order valence-corrected chi connectivity index (χ3v) is 6.34. The van der Waals surface area contributed by atoms with Gasteiger partial charge in [0.2, 0.25) is 5.91 Å². The molecule has 2 saturated heterocycles. The second-order valence-electron chi connectivity index (χ2n) is 9.11. The molecule has 0 radical (unpaired) electrons. The van der Waals surface area contributed by atoms with E-state index in [1.807, 2.05) is 4.90 Å². The zero-order chi connectivity index (χ0) is 25.9. The first kappa shape index (κ1) is 25.4. The van der Waals surface area contributed by atoms with E-state index in [4.69, 9.17) is 9.47 Å². The minimum atomic E-state index is -1.04. The lowest BCUT2D eigenvalue weighted by Gasteiger charge is -2.38. The van der Waals surface area contributed by atoms with E-state index in [2.05, 4.69) is 10.3 Å². The van der Waals surface area contributed by atoms with Gasteiger partial charge in [-0.2, -0.15) is 0 Å². The number of amides is 2. The van der Waals surface area contributed by atoms with Crippen molar-refractivity contribution in [2.24, 2.45) is 0 Å². The number of rotatable bonds is 7. The summed E-state index contributed by atoms with van der Waals surface area (Å²) in [5, 5.41) is 13.2. The maximum Gasteiger partial charge on any atom is 0.414 e. The first-order chi connectivity index (χ1) is 17.1. The monoisotopic (exact) mass is 500 g/mol. The second-order valence-corrected chi connectivity index (χ2v) is 9.11. The normalized spacial score (nSPS) is 19.1. The van der Waals surface area contributed by atoms with Gasteiger partial charge >= 0.3 is 12.1 Å². The fraction of sp³-hybridized carbons (Fsp3) is 0.440. The number of hydrogen-bond donors (Lipinski definition) is 2. The van der Waals surface area contributed by atoms with Crippen LogP contribution >= 0.6 is 0 Å². The highest BCUT2D eigenvalue weighted by Crippen LogP contribution is 2.31. The number of anilines is 2. The van der Waals surface area contributed by atoms with Gasteiger partial charge in [-0.3, -0.25) is 14.5 Å². The van der Waals surface area contributed by atoms with Gasteiger partial charge < -0.3 is 24.8 Å². The van der Waals surface area contributed by atoms with Gasteiger partial charge in [0.05, 0.1) is 18.8 Å². The molecule has 1 atom stereocenters. The quantitative estimate of drug-likeness (QED) is 0.556. The minimum absolute atomic E-state index is 0.0249. The van der Waals surface area contributed by atoms with E-state index in [-0.39, 0.29) is 25.6 Å². The number of esters is 1. The van der Waals surface area contributed by atoms with Crippen LogP contribution in [-0.4, -0.2) is 72.6 Å². The molecule has 1 unspecified atom stereocenters. The molecule has 10 nitrogen and oxygen atoms in total. The third-order valence-electron chi connectivity index (χ3n) is 6.34. The summed E-state index contributed by atoms with van der Waals surface area (Å²) >= 11 is 0. The Morgan fingerprint density at radius 3 is 2.61 bits per heavy atom. The number of aliphatic hydroxyl groups is 1. The lowest BCUT2D eigenvalue weighted by Crippen LogP contribution is -2.47. The highest BCUT2D eigenvalue weighted by molar-refractivity contribution is 5.90. The molecule has 1 aromatic carbocycles. The maximum atomic E-state index is 15.0. The van der Waals surface area contributed by atoms with Crippen molar-refractivity contribution in [1.82, 2.24) is 10.3 Å². The van der Waals surface area contributed by atoms with Crippen LogP contribution in [0.3, 0.4) is 0 Å². The maximum absolute atomic E-state index is 15.0. The van der Waals surface area contributed by atoms with E-state index in [9.17, 15) is 23.9 Å². The molecule has 2 fully saturated rings. The van der Waals surface area contributed by atoms with Crippen molar-refractivity contribution < 1.29 is 33.4 Å². The zero-order valence-corrected chi connectivity index (χ0v) is 20.2. The van der Waals surface area contributed by atoms with Gasteiger partial charge in [0.15, 0.2) is 0 Å². The lowest BCUT2D eigenvalue weighted by molar-refractivity contribution is -0.150. The molecule has 2 N–H and O–H groups in total. The van der Waals surface area contributed by atoms with Crippen LogP contribution in [0.2, 0.25) is 0 Å². The van der Waals surface area contributed by atoms with Gasteiger partial charge in [-0.1, -0.05) is 0 Å². The van der Waals surface area contributed by atoms with Gasteiger partial charge in [0, 0.05) is 44.3 Å². The molecule has 1 aromatic heterocycles. The molecule has 2 aliphatic heterocycles. The number of halogens is 1. The van der Waals surface area contributed by atoms with Crippen LogP contribution in [0.1, 0.15) is 26.7 Å². The molecule has 0 spiro atoms. The highest BCUT2D eigenvalue weighted by atomic mass is 19.1. The number of cyclic esters (lactones) is 1. The molecular weight excluding hydrogens is 471 g/mol. The van der Waals surface area contributed by atoms with Gasteiger partial charge in [0.1, 0.15) is 29.9 Å². The van der Waals surface area contributed by atoms with Crippen molar-refractivity contribution in [1.29, 1.82) is 0 Å². The molecule has 2 aromatic rings. The number of benzene rings is 1. The summed E-state index contributed by atoms with van der Waals surface area (Å²) in [7, 11) is 0. The lowest BCUT2D eigenvalue weighted by atomic mass is 9.92. The molecule has 36 heavy (non-hydrogen) atoms. The molecule has 3 heterocycles. The number of aromatic nitrogens is 1. The van der Waals surface area contributed by atoms with Crippen LogP contribution in [0.5, 0.6) is 0 Å². The van der Waals surface area contributed by atoms with E-state index < -0.39 is 29.6 Å². The molecule has 192 valence electrons. The topological polar surface area (TPSA) is 121 Å². The fourth-order valence-electron chi connectivity index (χ4n) is 4.27. The molecule has 0 aliphatic carbocycles. The predicted molar refractivity (Wildman–Crippen MR) is 129 cm³/mol. The van der Waals surface area contributed by atoms with E-state index in [0.29, 0.717) is 48.6 Å². The summed E-state index contributed by atoms with van der Waals surface area (Å²) in [5.74, 6) is -0.445. The van der Waals surface area contributed by atoms with Crippen molar-refractivity contribution in [2.75, 3.05) is 42.6 Å². The van der Waals surface area contributed by atoms with E-state index >= 15 is 0 Å². The van der Waals surface area contributed by atoms with Crippen molar-refractivity contribution in [2.45, 2.75) is 38.4 Å². The number of nitrogens with zero attached hydrogens (tertiary/aromatic N) is 3. The Labute approximate surface area is 208 Å². The number of hydrogen-bond acceptors (Lipinski definition) is 8. The number of carbonyl (C=O) groups is 3. The van der Waals surface area contributed by atoms with Gasteiger partial charge in [-0.25, -0.2) is 14.2 Å². The Morgan fingerprint density at radius 1 is 1.25 bits per heavy atom. The predicted octanol–water partition coefficient (Wildman–Crippen LogP) is 2.24. The van der Waals surface area contributed by atoms with Crippen LogP contribution in [0.4, 0.5) is 20.7 Å². The highest BCUT2D eigenvalue weighted by Gasteiger charge is 2.34. The second kappa shape index (κ2) is 10.5. The standard InChI is InChI=1S/C25H29FN4O6/c1-16(31)27-13-20-14-30(24(33)36-20)19-4-5-21(22(26)11-19)18-3-6-23(28-12-18)29-9-7-25(34,8-10-29)15-35-17(2)32/h3-6,11-12,20,34H,7-10,13-15H2,1-2H3,(H,27,31). The zero-order valence-electron chi connectivity index (χ0n) is 20.2. The van der Waals surface area contributed by atoms with Crippen molar-refractivity contribution in [3.05, 3.63) is 42.3 Å². The summed E-state index contributed by atoms with van der Waals surface area (Å²) in [6.07, 6.45) is 1.35. The van der Waals surface area contributed by atoms with Gasteiger partial charge in [0.25, 0.3) is 0 Å². The number of pyridine rings is 1. The number of ether oxygens (including phenoxy) is 2. The summed E-state index contributed by atoms with van der Waals surface area (Å²) in [5.41, 5.74) is 0.248. The first-order valence-electron chi connectivity index (χ1n) is 11.7. The molecule has 2 amide bonds. The summed E-state index contributed by atoms with van der Waals surface area (Å²) in [6.45, 7) is 4.16. The van der Waals surface area contributed by atoms with Crippen LogP contribution < -0.4 is 15.1 Å². The van der Waals surface area contributed by atoms with Gasteiger partial charge in [-0.05, 0) is 43.2 Å². The number of piperidine rings is 1. The smallest absolute Gasteiger partial charge is 0.414 e. The Balaban J connectivity index is 1.39.